The third-order valence-corrected chi connectivity index (χ3v) is 2.88. The molecule has 0 radical (unpaired) electrons. The second-order valence-electron chi connectivity index (χ2n) is 7.20. The van der Waals surface area contributed by atoms with Crippen molar-refractivity contribution in [2.75, 3.05) is 6.54 Å². The van der Waals surface area contributed by atoms with Crippen LogP contribution < -0.4 is 5.32 Å². The van der Waals surface area contributed by atoms with Crippen LogP contribution in [0.3, 0.4) is 0 Å². The molecule has 0 aromatic carbocycles. The summed E-state index contributed by atoms with van der Waals surface area (Å²) in [7, 11) is 0. The summed E-state index contributed by atoms with van der Waals surface area (Å²) in [5.41, 5.74) is -0.179. The van der Waals surface area contributed by atoms with Gasteiger partial charge in [-0.2, -0.15) is 0 Å². The number of hydrogen-bond acceptors (Lipinski definition) is 2. The van der Waals surface area contributed by atoms with Gasteiger partial charge in [-0.1, -0.05) is 41.5 Å². The third kappa shape index (κ3) is 8.09. The number of carboxylic acid groups (broad SMARTS) is 1. The fourth-order valence-electron chi connectivity index (χ4n) is 1.68. The van der Waals surface area contributed by atoms with E-state index in [2.05, 4.69) is 5.32 Å². The molecule has 0 aromatic heterocycles. The predicted molar refractivity (Wildman–Crippen MR) is 72.3 cm³/mol. The van der Waals surface area contributed by atoms with E-state index in [-0.39, 0.29) is 29.1 Å². The Morgan fingerprint density at radius 1 is 1.11 bits per heavy atom. The molecule has 4 nitrogen and oxygen atoms in total. The highest BCUT2D eigenvalue weighted by Gasteiger charge is 2.27. The fraction of sp³-hybridized carbons (Fsp3) is 0.857. The standard InChI is InChI=1S/C14H27NO3/c1-13(2,3)8-11(16)15-9-10(7-12(17)18)14(4,5)6/h10H,7-9H2,1-6H3,(H,15,16)(H,17,18). The van der Waals surface area contributed by atoms with Crippen LogP contribution in [0.1, 0.15) is 54.4 Å². The number of aliphatic carboxylic acids is 1. The van der Waals surface area contributed by atoms with Gasteiger partial charge in [-0.25, -0.2) is 0 Å². The molecule has 1 unspecified atom stereocenters. The van der Waals surface area contributed by atoms with Crippen molar-refractivity contribution in [3.05, 3.63) is 0 Å². The van der Waals surface area contributed by atoms with Crippen LogP contribution in [-0.2, 0) is 9.59 Å². The van der Waals surface area contributed by atoms with Crippen LogP contribution in [0.5, 0.6) is 0 Å². The molecule has 0 aliphatic heterocycles. The molecule has 4 heteroatoms. The molecule has 0 aliphatic carbocycles. The number of hydrogen-bond donors (Lipinski definition) is 2. The lowest BCUT2D eigenvalue weighted by Crippen LogP contribution is -2.37. The van der Waals surface area contributed by atoms with E-state index in [0.717, 1.165) is 0 Å². The van der Waals surface area contributed by atoms with Gasteiger partial charge in [0.25, 0.3) is 0 Å². The largest absolute Gasteiger partial charge is 0.481 e. The summed E-state index contributed by atoms with van der Waals surface area (Å²) in [6.45, 7) is 12.4. The normalized spacial score (nSPS) is 14.1. The molecule has 0 aliphatic rings. The van der Waals surface area contributed by atoms with Crippen LogP contribution in [0.15, 0.2) is 0 Å². The molecule has 0 rings (SSSR count). The van der Waals surface area contributed by atoms with Crippen molar-refractivity contribution < 1.29 is 14.7 Å². The Labute approximate surface area is 110 Å². The zero-order chi connectivity index (χ0) is 14.6. The molecular formula is C14H27NO3. The Balaban J connectivity index is 4.36. The molecule has 0 saturated heterocycles. The van der Waals surface area contributed by atoms with E-state index in [9.17, 15) is 9.59 Å². The van der Waals surface area contributed by atoms with Gasteiger partial charge >= 0.3 is 5.97 Å². The van der Waals surface area contributed by atoms with Crippen molar-refractivity contribution in [1.82, 2.24) is 5.32 Å². The number of carbonyl (C=O) groups is 2. The van der Waals surface area contributed by atoms with Crippen molar-refractivity contribution in [3.8, 4) is 0 Å². The first-order valence-electron chi connectivity index (χ1n) is 6.40. The number of carboxylic acids is 1. The summed E-state index contributed by atoms with van der Waals surface area (Å²) in [5.74, 6) is -0.888. The topological polar surface area (TPSA) is 66.4 Å². The summed E-state index contributed by atoms with van der Waals surface area (Å²) < 4.78 is 0. The van der Waals surface area contributed by atoms with Crippen LogP contribution in [-0.4, -0.2) is 23.5 Å². The lowest BCUT2D eigenvalue weighted by Gasteiger charge is -2.30. The maximum absolute atomic E-state index is 11.7. The second kappa shape index (κ2) is 6.21. The first-order valence-corrected chi connectivity index (χ1v) is 6.40. The second-order valence-corrected chi connectivity index (χ2v) is 7.20. The van der Waals surface area contributed by atoms with Crippen molar-refractivity contribution in [2.45, 2.75) is 54.4 Å². The van der Waals surface area contributed by atoms with Gasteiger partial charge in [0.15, 0.2) is 0 Å². The molecule has 2 N–H and O–H groups in total. The van der Waals surface area contributed by atoms with Gasteiger partial charge < -0.3 is 10.4 Å². The van der Waals surface area contributed by atoms with Crippen molar-refractivity contribution in [3.63, 3.8) is 0 Å². The third-order valence-electron chi connectivity index (χ3n) is 2.88. The van der Waals surface area contributed by atoms with E-state index >= 15 is 0 Å². The summed E-state index contributed by atoms with van der Waals surface area (Å²) in [5, 5.41) is 11.7. The van der Waals surface area contributed by atoms with E-state index in [1.165, 1.54) is 0 Å². The highest BCUT2D eigenvalue weighted by atomic mass is 16.4. The van der Waals surface area contributed by atoms with Gasteiger partial charge in [0, 0.05) is 13.0 Å². The average molecular weight is 257 g/mol. The van der Waals surface area contributed by atoms with Crippen LogP contribution in [0.4, 0.5) is 0 Å². The Kier molecular flexibility index (Phi) is 5.84. The Morgan fingerprint density at radius 3 is 1.94 bits per heavy atom. The minimum absolute atomic E-state index is 0.0119. The van der Waals surface area contributed by atoms with Gasteiger partial charge in [0.2, 0.25) is 5.91 Å². The minimum atomic E-state index is -0.819. The fourth-order valence-corrected chi connectivity index (χ4v) is 1.68. The highest BCUT2D eigenvalue weighted by Crippen LogP contribution is 2.28. The van der Waals surface area contributed by atoms with Gasteiger partial charge in [0.1, 0.15) is 0 Å². The molecular weight excluding hydrogens is 230 g/mol. The van der Waals surface area contributed by atoms with Gasteiger partial charge in [-0.05, 0) is 16.7 Å². The molecule has 106 valence electrons. The number of amides is 1. The van der Waals surface area contributed by atoms with E-state index < -0.39 is 5.97 Å². The summed E-state index contributed by atoms with van der Waals surface area (Å²) in [6.07, 6.45) is 0.538. The SMILES string of the molecule is CC(C)(C)CC(=O)NCC(CC(=O)O)C(C)(C)C. The van der Waals surface area contributed by atoms with Gasteiger partial charge in [-0.15, -0.1) is 0 Å². The molecule has 0 spiro atoms. The quantitative estimate of drug-likeness (QED) is 0.795. The number of carbonyl (C=O) groups excluding carboxylic acids is 1. The zero-order valence-electron chi connectivity index (χ0n) is 12.5. The molecule has 1 atom stereocenters. The summed E-state index contributed by atoms with van der Waals surface area (Å²) in [6, 6.07) is 0. The van der Waals surface area contributed by atoms with E-state index in [1.807, 2.05) is 41.5 Å². The van der Waals surface area contributed by atoms with Crippen LogP contribution in [0.25, 0.3) is 0 Å². The summed E-state index contributed by atoms with van der Waals surface area (Å²) >= 11 is 0. The molecule has 0 aromatic rings. The first-order chi connectivity index (χ1) is 7.92. The predicted octanol–water partition coefficient (Wildman–Crippen LogP) is 2.68. The van der Waals surface area contributed by atoms with Crippen molar-refractivity contribution in [2.24, 2.45) is 16.7 Å². The lowest BCUT2D eigenvalue weighted by atomic mass is 9.78. The maximum atomic E-state index is 11.7. The Hall–Kier alpha value is -1.06. The lowest BCUT2D eigenvalue weighted by molar-refractivity contribution is -0.139. The summed E-state index contributed by atoms with van der Waals surface area (Å²) in [4.78, 5) is 22.5. The average Bonchev–Trinajstić information content (AvgIpc) is 2.06. The molecule has 0 saturated carbocycles. The van der Waals surface area contributed by atoms with E-state index in [1.54, 1.807) is 0 Å². The van der Waals surface area contributed by atoms with Crippen LogP contribution in [0, 0.1) is 16.7 Å². The first kappa shape index (κ1) is 16.9. The number of nitrogens with one attached hydrogen (secondary N) is 1. The zero-order valence-corrected chi connectivity index (χ0v) is 12.5. The maximum Gasteiger partial charge on any atom is 0.303 e. The molecule has 0 heterocycles. The highest BCUT2D eigenvalue weighted by molar-refractivity contribution is 5.76. The molecule has 18 heavy (non-hydrogen) atoms. The van der Waals surface area contributed by atoms with Crippen molar-refractivity contribution >= 4 is 11.9 Å². The molecule has 0 bridgehead atoms. The van der Waals surface area contributed by atoms with E-state index in [0.29, 0.717) is 13.0 Å². The van der Waals surface area contributed by atoms with Gasteiger partial charge in [-0.3, -0.25) is 9.59 Å². The van der Waals surface area contributed by atoms with Crippen LogP contribution >= 0.6 is 0 Å². The monoisotopic (exact) mass is 257 g/mol. The Morgan fingerprint density at radius 2 is 1.61 bits per heavy atom. The molecule has 1 amide bonds. The van der Waals surface area contributed by atoms with E-state index in [4.69, 9.17) is 5.11 Å². The minimum Gasteiger partial charge on any atom is -0.481 e. The Bertz CT molecular complexity index is 297. The number of rotatable bonds is 5. The smallest absolute Gasteiger partial charge is 0.303 e. The van der Waals surface area contributed by atoms with Crippen LogP contribution in [0.2, 0.25) is 0 Å². The van der Waals surface area contributed by atoms with Crippen molar-refractivity contribution in [1.29, 1.82) is 0 Å². The molecule has 0 fully saturated rings. The van der Waals surface area contributed by atoms with Gasteiger partial charge in [0.05, 0.1) is 6.42 Å².